The molecule has 0 atom stereocenters. The smallest absolute Gasteiger partial charge is 0.224 e. The average Bonchev–Trinajstić information content (AvgIpc) is 2.33. The number of nitrogen functional groups attached to an aromatic ring is 1. The van der Waals surface area contributed by atoms with E-state index in [9.17, 15) is 4.79 Å². The van der Waals surface area contributed by atoms with Crippen molar-refractivity contribution in [1.29, 1.82) is 0 Å². The third-order valence-electron chi connectivity index (χ3n) is 2.33. The van der Waals surface area contributed by atoms with Crippen molar-refractivity contribution >= 4 is 28.9 Å². The lowest BCUT2D eigenvalue weighted by Gasteiger charge is -2.08. The molecule has 0 aliphatic heterocycles. The van der Waals surface area contributed by atoms with E-state index in [1.807, 2.05) is 0 Å². The van der Waals surface area contributed by atoms with Gasteiger partial charge in [-0.05, 0) is 31.0 Å². The minimum absolute atomic E-state index is 0.0796. The summed E-state index contributed by atoms with van der Waals surface area (Å²) < 4.78 is 5.30. The molecule has 0 radical (unpaired) electrons. The van der Waals surface area contributed by atoms with Gasteiger partial charge in [-0.2, -0.15) is 0 Å². The highest BCUT2D eigenvalue weighted by Crippen LogP contribution is 2.22. The summed E-state index contributed by atoms with van der Waals surface area (Å²) >= 11 is 5.83. The molecule has 0 bridgehead atoms. The molecule has 4 nitrogen and oxygen atoms in total. The maximum Gasteiger partial charge on any atom is 0.224 e. The topological polar surface area (TPSA) is 64.3 Å². The second kappa shape index (κ2) is 7.95. The van der Waals surface area contributed by atoms with E-state index < -0.39 is 0 Å². The predicted molar refractivity (Wildman–Crippen MR) is 74.8 cm³/mol. The van der Waals surface area contributed by atoms with Crippen molar-refractivity contribution in [3.8, 4) is 0 Å². The van der Waals surface area contributed by atoms with Crippen molar-refractivity contribution in [2.45, 2.75) is 26.2 Å². The molecule has 0 saturated carbocycles. The standard InChI is InChI=1S/C13H19ClN2O2/c1-2-7-18-8-3-4-13(17)16-12-9-10(14)5-6-11(12)15/h5-6,9H,2-4,7-8,15H2,1H3,(H,16,17). The highest BCUT2D eigenvalue weighted by molar-refractivity contribution is 6.31. The maximum absolute atomic E-state index is 11.6. The lowest BCUT2D eigenvalue weighted by molar-refractivity contribution is -0.116. The molecule has 3 N–H and O–H groups in total. The Morgan fingerprint density at radius 2 is 2.22 bits per heavy atom. The zero-order valence-corrected chi connectivity index (χ0v) is 11.3. The van der Waals surface area contributed by atoms with Gasteiger partial charge in [-0.3, -0.25) is 4.79 Å². The Morgan fingerprint density at radius 3 is 2.94 bits per heavy atom. The zero-order chi connectivity index (χ0) is 13.4. The first-order chi connectivity index (χ1) is 8.63. The molecular weight excluding hydrogens is 252 g/mol. The number of benzene rings is 1. The molecule has 0 heterocycles. The van der Waals surface area contributed by atoms with Crippen LogP contribution in [0.1, 0.15) is 26.2 Å². The first kappa shape index (κ1) is 14.8. The van der Waals surface area contributed by atoms with Gasteiger partial charge in [0, 0.05) is 24.7 Å². The number of hydrogen-bond donors (Lipinski definition) is 2. The van der Waals surface area contributed by atoms with Crippen LogP contribution in [0.2, 0.25) is 5.02 Å². The van der Waals surface area contributed by atoms with Crippen molar-refractivity contribution < 1.29 is 9.53 Å². The maximum atomic E-state index is 11.6. The number of hydrogen-bond acceptors (Lipinski definition) is 3. The largest absolute Gasteiger partial charge is 0.397 e. The molecule has 0 aromatic heterocycles. The van der Waals surface area contributed by atoms with Crippen molar-refractivity contribution in [2.24, 2.45) is 0 Å². The summed E-state index contributed by atoms with van der Waals surface area (Å²) in [7, 11) is 0. The molecule has 1 amide bonds. The molecule has 0 saturated heterocycles. The SMILES string of the molecule is CCCOCCCC(=O)Nc1cc(Cl)ccc1N. The number of nitrogens with one attached hydrogen (secondary N) is 1. The highest BCUT2D eigenvalue weighted by Gasteiger charge is 2.05. The molecule has 0 spiro atoms. The van der Waals surface area contributed by atoms with Gasteiger partial charge in [0.2, 0.25) is 5.91 Å². The summed E-state index contributed by atoms with van der Waals surface area (Å²) in [6, 6.07) is 5.00. The molecular formula is C13H19ClN2O2. The van der Waals surface area contributed by atoms with E-state index in [4.69, 9.17) is 22.1 Å². The molecule has 5 heteroatoms. The molecule has 0 unspecified atom stereocenters. The van der Waals surface area contributed by atoms with Crippen molar-refractivity contribution in [2.75, 3.05) is 24.3 Å². The number of nitrogens with two attached hydrogens (primary N) is 1. The van der Waals surface area contributed by atoms with Gasteiger partial charge in [-0.25, -0.2) is 0 Å². The van der Waals surface area contributed by atoms with E-state index in [0.29, 0.717) is 35.8 Å². The lowest BCUT2D eigenvalue weighted by atomic mass is 10.2. The van der Waals surface area contributed by atoms with Gasteiger partial charge in [0.15, 0.2) is 0 Å². The van der Waals surface area contributed by atoms with E-state index in [-0.39, 0.29) is 5.91 Å². The lowest BCUT2D eigenvalue weighted by Crippen LogP contribution is -2.13. The van der Waals surface area contributed by atoms with Crippen LogP contribution in [0.15, 0.2) is 18.2 Å². The number of halogens is 1. The van der Waals surface area contributed by atoms with Crippen LogP contribution in [0, 0.1) is 0 Å². The van der Waals surface area contributed by atoms with Crippen LogP contribution >= 0.6 is 11.6 Å². The Labute approximate surface area is 112 Å². The van der Waals surface area contributed by atoms with Crippen LogP contribution in [0.5, 0.6) is 0 Å². The number of ether oxygens (including phenoxy) is 1. The van der Waals surface area contributed by atoms with E-state index in [1.54, 1.807) is 18.2 Å². The van der Waals surface area contributed by atoms with Crippen molar-refractivity contribution in [1.82, 2.24) is 0 Å². The van der Waals surface area contributed by atoms with Crippen LogP contribution in [-0.4, -0.2) is 19.1 Å². The van der Waals surface area contributed by atoms with E-state index >= 15 is 0 Å². The molecule has 100 valence electrons. The van der Waals surface area contributed by atoms with Crippen LogP contribution in [0.3, 0.4) is 0 Å². The average molecular weight is 271 g/mol. The summed E-state index contributed by atoms with van der Waals surface area (Å²) in [4.78, 5) is 11.6. The minimum atomic E-state index is -0.0796. The van der Waals surface area contributed by atoms with Crippen LogP contribution < -0.4 is 11.1 Å². The fourth-order valence-electron chi connectivity index (χ4n) is 1.43. The van der Waals surface area contributed by atoms with Gasteiger partial charge in [0.05, 0.1) is 11.4 Å². The number of anilines is 2. The molecule has 18 heavy (non-hydrogen) atoms. The summed E-state index contributed by atoms with van der Waals surface area (Å²) in [5, 5.41) is 3.29. The number of carbonyl (C=O) groups excluding carboxylic acids is 1. The van der Waals surface area contributed by atoms with E-state index in [2.05, 4.69) is 12.2 Å². The van der Waals surface area contributed by atoms with Gasteiger partial charge >= 0.3 is 0 Å². The van der Waals surface area contributed by atoms with Gasteiger partial charge in [-0.1, -0.05) is 18.5 Å². The Bertz CT molecular complexity index is 397. The summed E-state index contributed by atoms with van der Waals surface area (Å²) in [5.41, 5.74) is 6.80. The zero-order valence-electron chi connectivity index (χ0n) is 10.5. The molecule has 0 aliphatic rings. The van der Waals surface area contributed by atoms with E-state index in [0.717, 1.165) is 13.0 Å². The monoisotopic (exact) mass is 270 g/mol. The second-order valence-corrected chi connectivity index (χ2v) is 4.43. The summed E-state index contributed by atoms with van der Waals surface area (Å²) in [6.45, 7) is 3.39. The summed E-state index contributed by atoms with van der Waals surface area (Å²) in [5.74, 6) is -0.0796. The Morgan fingerprint density at radius 1 is 1.44 bits per heavy atom. The van der Waals surface area contributed by atoms with Crippen LogP contribution in [0.4, 0.5) is 11.4 Å². The molecule has 1 aromatic rings. The Balaban J connectivity index is 2.33. The number of carbonyl (C=O) groups is 1. The first-order valence-corrected chi connectivity index (χ1v) is 6.44. The normalized spacial score (nSPS) is 10.3. The van der Waals surface area contributed by atoms with E-state index in [1.165, 1.54) is 0 Å². The fourth-order valence-corrected chi connectivity index (χ4v) is 1.60. The van der Waals surface area contributed by atoms with Crippen molar-refractivity contribution in [3.05, 3.63) is 23.2 Å². The highest BCUT2D eigenvalue weighted by atomic mass is 35.5. The van der Waals surface area contributed by atoms with Crippen LogP contribution in [-0.2, 0) is 9.53 Å². The molecule has 1 rings (SSSR count). The first-order valence-electron chi connectivity index (χ1n) is 6.06. The van der Waals surface area contributed by atoms with Gasteiger partial charge in [0.25, 0.3) is 0 Å². The fraction of sp³-hybridized carbons (Fsp3) is 0.462. The van der Waals surface area contributed by atoms with Gasteiger partial charge < -0.3 is 15.8 Å². The molecule has 0 aliphatic carbocycles. The quantitative estimate of drug-likeness (QED) is 0.591. The third kappa shape index (κ3) is 5.38. The third-order valence-corrected chi connectivity index (χ3v) is 2.57. The Kier molecular flexibility index (Phi) is 6.54. The summed E-state index contributed by atoms with van der Waals surface area (Å²) in [6.07, 6.45) is 2.10. The van der Waals surface area contributed by atoms with Crippen LogP contribution in [0.25, 0.3) is 0 Å². The number of rotatable bonds is 7. The number of amides is 1. The molecule has 1 aromatic carbocycles. The predicted octanol–water partition coefficient (Wildman–Crippen LogP) is 3.07. The van der Waals surface area contributed by atoms with Gasteiger partial charge in [0.1, 0.15) is 0 Å². The van der Waals surface area contributed by atoms with Gasteiger partial charge in [-0.15, -0.1) is 0 Å². The Hall–Kier alpha value is -1.26. The van der Waals surface area contributed by atoms with Crippen molar-refractivity contribution in [3.63, 3.8) is 0 Å². The molecule has 0 fully saturated rings. The second-order valence-electron chi connectivity index (χ2n) is 4.00. The minimum Gasteiger partial charge on any atom is -0.397 e.